The van der Waals surface area contributed by atoms with E-state index < -0.39 is 0 Å². The largest absolute Gasteiger partial charge is 0.665 e. The normalized spacial score (nSPS) is 15.8. The van der Waals surface area contributed by atoms with E-state index in [1.54, 1.807) is 0 Å². The van der Waals surface area contributed by atoms with E-state index in [-0.39, 0.29) is 71.2 Å². The summed E-state index contributed by atoms with van der Waals surface area (Å²) < 4.78 is 0. The van der Waals surface area contributed by atoms with Crippen molar-refractivity contribution >= 4 is 6.47 Å². The molecule has 0 aromatic carbocycles. The molecule has 1 aliphatic rings. The van der Waals surface area contributed by atoms with Crippen molar-refractivity contribution in [3.05, 3.63) is 6.42 Å². The van der Waals surface area contributed by atoms with Crippen LogP contribution in [-0.2, 0) is 4.79 Å². The number of aliphatic hydroxyl groups excluding tert-OH is 1. The summed E-state index contributed by atoms with van der Waals surface area (Å²) in [6, 6.07) is 0. The molecule has 1 N–H and O–H groups in total. The van der Waals surface area contributed by atoms with Gasteiger partial charge in [-0.3, -0.25) is 0 Å². The fourth-order valence-electron chi connectivity index (χ4n) is 0.879. The van der Waals surface area contributed by atoms with Crippen molar-refractivity contribution in [2.45, 2.75) is 12.8 Å². The molecule has 66 valence electrons. The number of piperidine rings is 1. The minimum atomic E-state index is 0. The number of rotatable bonds is 0. The van der Waals surface area contributed by atoms with Gasteiger partial charge in [0.2, 0.25) is 0 Å². The SMILES string of the molecule is CN1CC[CH-]CC1.O=[C-]O.[La].[La]. The third kappa shape index (κ3) is 14.3. The van der Waals surface area contributed by atoms with Crippen molar-refractivity contribution in [1.29, 1.82) is 0 Å². The third-order valence-corrected chi connectivity index (χ3v) is 1.43. The predicted octanol–water partition coefficient (Wildman–Crippen LogP) is 0.528. The first-order chi connectivity index (χ1) is 4.81. The summed E-state index contributed by atoms with van der Waals surface area (Å²) in [6.45, 7) is 3.03. The van der Waals surface area contributed by atoms with E-state index in [4.69, 9.17) is 9.90 Å². The molecule has 2 radical (unpaired) electrons. The number of nitrogens with zero attached hydrogens (tertiary/aromatic N) is 1. The number of likely N-dealkylation sites (tertiary alicyclic amines) is 1. The second kappa shape index (κ2) is 15.3. The number of hydrogen-bond acceptors (Lipinski definition) is 2. The van der Waals surface area contributed by atoms with Gasteiger partial charge in [0.1, 0.15) is 0 Å². The van der Waals surface area contributed by atoms with Crippen LogP contribution >= 0.6 is 0 Å². The summed E-state index contributed by atoms with van der Waals surface area (Å²) in [7, 11) is 2.17. The maximum absolute atomic E-state index is 8.24. The molecule has 0 amide bonds. The molecule has 1 saturated heterocycles. The van der Waals surface area contributed by atoms with Gasteiger partial charge < -0.3 is 21.2 Å². The summed E-state index contributed by atoms with van der Waals surface area (Å²) >= 11 is 0. The fraction of sp³-hybridized carbons (Fsp3) is 0.714. The topological polar surface area (TPSA) is 40.5 Å². The van der Waals surface area contributed by atoms with Crippen LogP contribution in [0.5, 0.6) is 0 Å². The molecule has 1 fully saturated rings. The molecule has 1 rings (SSSR count). The van der Waals surface area contributed by atoms with Crippen molar-refractivity contribution in [1.82, 2.24) is 4.90 Å². The first-order valence-corrected chi connectivity index (χ1v) is 3.32. The Morgan fingerprint density at radius 2 is 1.67 bits per heavy atom. The molecule has 0 aromatic rings. The van der Waals surface area contributed by atoms with Gasteiger partial charge in [0.15, 0.2) is 0 Å². The van der Waals surface area contributed by atoms with Gasteiger partial charge in [0, 0.05) is 71.2 Å². The molecule has 5 heteroatoms. The number of hydrogen-bond donors (Lipinski definition) is 1. The van der Waals surface area contributed by atoms with Crippen LogP contribution in [0.2, 0.25) is 0 Å². The first-order valence-electron chi connectivity index (χ1n) is 3.32. The van der Waals surface area contributed by atoms with Gasteiger partial charge in [0.05, 0.1) is 0 Å². The van der Waals surface area contributed by atoms with Crippen molar-refractivity contribution < 1.29 is 81.1 Å². The zero-order chi connectivity index (χ0) is 7.82. The van der Waals surface area contributed by atoms with Crippen LogP contribution in [0.1, 0.15) is 12.8 Å². The van der Waals surface area contributed by atoms with Gasteiger partial charge >= 0.3 is 0 Å². The smallest absolute Gasteiger partial charge is 0 e. The van der Waals surface area contributed by atoms with E-state index >= 15 is 0 Å². The Kier molecular flexibility index (Phi) is 24.7. The molecule has 0 atom stereocenters. The van der Waals surface area contributed by atoms with Crippen LogP contribution in [0.3, 0.4) is 0 Å². The van der Waals surface area contributed by atoms with Crippen molar-refractivity contribution in [2.24, 2.45) is 0 Å². The molecule has 3 nitrogen and oxygen atoms in total. The molecule has 0 spiro atoms. The maximum Gasteiger partial charge on any atom is 0 e. The Labute approximate surface area is 130 Å². The van der Waals surface area contributed by atoms with E-state index in [9.17, 15) is 0 Å². The summed E-state index contributed by atoms with van der Waals surface area (Å²) in [5.74, 6) is 0. The Hall–Kier alpha value is 1.82. The minimum absolute atomic E-state index is 0. The summed E-state index contributed by atoms with van der Waals surface area (Å²) in [6.07, 6.45) is 4.94. The molecule has 12 heavy (non-hydrogen) atoms. The average Bonchev–Trinajstić information content (AvgIpc) is 1.91. The van der Waals surface area contributed by atoms with Crippen molar-refractivity contribution in [3.8, 4) is 0 Å². The summed E-state index contributed by atoms with van der Waals surface area (Å²) in [5, 5.41) is 6.76. The monoisotopic (exact) mass is 421 g/mol. The van der Waals surface area contributed by atoms with E-state index in [1.165, 1.54) is 25.9 Å². The van der Waals surface area contributed by atoms with Crippen LogP contribution in [0.15, 0.2) is 0 Å². The minimum Gasteiger partial charge on any atom is -0.665 e. The maximum atomic E-state index is 8.24. The molecule has 0 saturated carbocycles. The summed E-state index contributed by atoms with van der Waals surface area (Å²) in [4.78, 5) is 10.6. The third-order valence-electron chi connectivity index (χ3n) is 1.43. The van der Waals surface area contributed by atoms with Gasteiger partial charge in [-0.2, -0.15) is 12.8 Å². The predicted molar refractivity (Wildman–Crippen MR) is 39.4 cm³/mol. The van der Waals surface area contributed by atoms with Gasteiger partial charge in [-0.05, 0) is 20.1 Å². The van der Waals surface area contributed by atoms with Gasteiger partial charge in [-0.15, -0.1) is 0 Å². The van der Waals surface area contributed by atoms with Crippen molar-refractivity contribution in [3.63, 3.8) is 0 Å². The first kappa shape index (κ1) is 19.4. The fourth-order valence-corrected chi connectivity index (χ4v) is 0.879. The van der Waals surface area contributed by atoms with Crippen LogP contribution in [-0.4, -0.2) is 36.6 Å². The van der Waals surface area contributed by atoms with Crippen molar-refractivity contribution in [2.75, 3.05) is 20.1 Å². The van der Waals surface area contributed by atoms with E-state index in [0.717, 1.165) is 0 Å². The molecule has 0 unspecified atom stereocenters. The van der Waals surface area contributed by atoms with Crippen LogP contribution < -0.4 is 0 Å². The van der Waals surface area contributed by atoms with Gasteiger partial charge in [-0.1, -0.05) is 6.47 Å². The Morgan fingerprint density at radius 3 is 1.83 bits per heavy atom. The Bertz CT molecular complexity index is 87.5. The van der Waals surface area contributed by atoms with Crippen LogP contribution in [0.25, 0.3) is 0 Å². The van der Waals surface area contributed by atoms with Gasteiger partial charge in [-0.25, -0.2) is 0 Å². The standard InChI is InChI=1S/C6H12N.CHO2.2La/c1-7-5-3-2-4-6-7;2-1-3;;/h2H,3-6H2,1H3;(H,2,3);;/q2*-1;;. The quantitative estimate of drug-likeness (QED) is 0.581. The van der Waals surface area contributed by atoms with Gasteiger partial charge in [0.25, 0.3) is 0 Å². The Morgan fingerprint density at radius 1 is 1.33 bits per heavy atom. The van der Waals surface area contributed by atoms with Crippen LogP contribution in [0.4, 0.5) is 0 Å². The molecule has 0 bridgehead atoms. The zero-order valence-corrected chi connectivity index (χ0v) is 14.6. The Balaban J connectivity index is -0.000000146. The molecule has 1 heterocycles. The molecular weight excluding hydrogens is 408 g/mol. The molecule has 0 aromatic heterocycles. The second-order valence-electron chi connectivity index (χ2n) is 2.26. The second-order valence-corrected chi connectivity index (χ2v) is 2.26. The van der Waals surface area contributed by atoms with Crippen LogP contribution in [0, 0.1) is 77.6 Å². The average molecular weight is 421 g/mol. The molecule has 1 aliphatic heterocycles. The molecular formula is C7H13La2NO2-2. The van der Waals surface area contributed by atoms with E-state index in [1.807, 2.05) is 0 Å². The zero-order valence-electron chi connectivity index (χ0n) is 7.36. The molecule has 0 aliphatic carbocycles. The van der Waals surface area contributed by atoms with E-state index in [2.05, 4.69) is 18.4 Å². The summed E-state index contributed by atoms with van der Waals surface area (Å²) in [5.41, 5.74) is 0. The van der Waals surface area contributed by atoms with E-state index in [0.29, 0.717) is 6.47 Å².